The van der Waals surface area contributed by atoms with Gasteiger partial charge in [0.15, 0.2) is 0 Å². The van der Waals surface area contributed by atoms with Crippen molar-refractivity contribution in [1.82, 2.24) is 0 Å². The van der Waals surface area contributed by atoms with Gasteiger partial charge < -0.3 is 0 Å². The zero-order chi connectivity index (χ0) is 4.57. The van der Waals surface area contributed by atoms with Crippen LogP contribution in [0.25, 0.3) is 0 Å². The Kier molecular flexibility index (Phi) is 1.17. The average Bonchev–Trinajstić information content (AvgIpc) is 2.19. The first kappa shape index (κ1) is 4.62. The number of hydrogen-bond acceptors (Lipinski definition) is 0. The van der Waals surface area contributed by atoms with Crippen molar-refractivity contribution in [3.63, 3.8) is 0 Å². The van der Waals surface area contributed by atoms with E-state index in [1.165, 1.54) is 16.4 Å². The maximum absolute atomic E-state index is 3.81. The largest absolute Gasteiger partial charge is 0.0995 e. The number of allylic oxidation sites excluding steroid dienone is 1. The van der Waals surface area contributed by atoms with Crippen molar-refractivity contribution in [2.45, 2.75) is 6.42 Å². The molecule has 1 aliphatic rings. The molecular formula is C5H7I. The molecule has 0 amide bonds. The van der Waals surface area contributed by atoms with Crippen molar-refractivity contribution >= 4 is 22.6 Å². The van der Waals surface area contributed by atoms with Crippen LogP contribution in [-0.2, 0) is 0 Å². The van der Waals surface area contributed by atoms with E-state index in [4.69, 9.17) is 0 Å². The molecule has 0 aliphatic heterocycles. The third-order valence-electron chi connectivity index (χ3n) is 1.11. The van der Waals surface area contributed by atoms with E-state index in [0.717, 1.165) is 5.92 Å². The van der Waals surface area contributed by atoms with E-state index < -0.39 is 0 Å². The Morgan fingerprint density at radius 1 is 2.00 bits per heavy atom. The molecule has 0 aromatic heterocycles. The normalized spacial score (nSPS) is 30.8. The van der Waals surface area contributed by atoms with Crippen LogP contribution in [0.1, 0.15) is 6.42 Å². The van der Waals surface area contributed by atoms with Crippen molar-refractivity contribution < 1.29 is 0 Å². The van der Waals surface area contributed by atoms with Gasteiger partial charge in [0.1, 0.15) is 0 Å². The number of alkyl halides is 1. The van der Waals surface area contributed by atoms with Gasteiger partial charge in [-0.25, -0.2) is 0 Å². The Bertz CT molecular complexity index is 76.0. The van der Waals surface area contributed by atoms with Gasteiger partial charge in [-0.15, -0.1) is 0 Å². The minimum atomic E-state index is 0.894. The first-order valence-corrected chi connectivity index (χ1v) is 3.61. The molecule has 0 N–H and O–H groups in total. The molecule has 0 saturated heterocycles. The molecule has 1 unspecified atom stereocenters. The third-order valence-corrected chi connectivity index (χ3v) is 2.18. The summed E-state index contributed by atoms with van der Waals surface area (Å²) in [6, 6.07) is 0. The fourth-order valence-electron chi connectivity index (χ4n) is 0.421. The number of hydrogen-bond donors (Lipinski definition) is 0. The molecule has 1 heteroatoms. The van der Waals surface area contributed by atoms with Crippen LogP contribution in [0.4, 0.5) is 0 Å². The molecule has 1 aliphatic carbocycles. The standard InChI is InChI=1S/C5H7I/c1-4-2-5(4)3-6/h5H,1-3H2. The summed E-state index contributed by atoms with van der Waals surface area (Å²) in [6.07, 6.45) is 1.29. The topological polar surface area (TPSA) is 0 Å². The van der Waals surface area contributed by atoms with E-state index in [-0.39, 0.29) is 0 Å². The summed E-state index contributed by atoms with van der Waals surface area (Å²) in [5.41, 5.74) is 1.45. The highest BCUT2D eigenvalue weighted by atomic mass is 127. The predicted octanol–water partition coefficient (Wildman–Crippen LogP) is 2.00. The molecule has 0 spiro atoms. The molecule has 0 aromatic rings. The Morgan fingerprint density at radius 3 is 2.50 bits per heavy atom. The van der Waals surface area contributed by atoms with Gasteiger partial charge in [0, 0.05) is 4.43 Å². The monoisotopic (exact) mass is 194 g/mol. The van der Waals surface area contributed by atoms with Gasteiger partial charge >= 0.3 is 0 Å². The Morgan fingerprint density at radius 2 is 2.50 bits per heavy atom. The molecule has 6 heavy (non-hydrogen) atoms. The third kappa shape index (κ3) is 0.750. The van der Waals surface area contributed by atoms with E-state index in [1.54, 1.807) is 0 Å². The molecule has 0 radical (unpaired) electrons. The van der Waals surface area contributed by atoms with Crippen molar-refractivity contribution in [3.05, 3.63) is 12.2 Å². The van der Waals surface area contributed by atoms with E-state index in [0.29, 0.717) is 0 Å². The molecule has 34 valence electrons. The summed E-state index contributed by atoms with van der Waals surface area (Å²) in [6.45, 7) is 3.81. The zero-order valence-corrected chi connectivity index (χ0v) is 5.73. The second-order valence-corrected chi connectivity index (χ2v) is 2.59. The van der Waals surface area contributed by atoms with Crippen LogP contribution in [0.15, 0.2) is 12.2 Å². The Labute approximate surface area is 51.8 Å². The molecule has 0 bridgehead atoms. The van der Waals surface area contributed by atoms with Gasteiger partial charge in [-0.1, -0.05) is 34.7 Å². The minimum absolute atomic E-state index is 0.894. The molecule has 1 rings (SSSR count). The zero-order valence-electron chi connectivity index (χ0n) is 3.58. The van der Waals surface area contributed by atoms with Crippen molar-refractivity contribution in [1.29, 1.82) is 0 Å². The predicted molar refractivity (Wildman–Crippen MR) is 36.1 cm³/mol. The first-order chi connectivity index (χ1) is 2.84. The quantitative estimate of drug-likeness (QED) is 0.340. The average molecular weight is 194 g/mol. The second kappa shape index (κ2) is 1.52. The van der Waals surface area contributed by atoms with Crippen LogP contribution in [0.2, 0.25) is 0 Å². The van der Waals surface area contributed by atoms with Gasteiger partial charge in [0.2, 0.25) is 0 Å². The molecule has 1 fully saturated rings. The van der Waals surface area contributed by atoms with Crippen molar-refractivity contribution in [3.8, 4) is 0 Å². The fraction of sp³-hybridized carbons (Fsp3) is 0.600. The van der Waals surface area contributed by atoms with Crippen LogP contribution < -0.4 is 0 Å². The van der Waals surface area contributed by atoms with Crippen LogP contribution in [-0.4, -0.2) is 4.43 Å². The van der Waals surface area contributed by atoms with Crippen LogP contribution in [0, 0.1) is 5.92 Å². The molecular weight excluding hydrogens is 187 g/mol. The minimum Gasteiger partial charge on any atom is -0.0995 e. The molecule has 0 aromatic carbocycles. The Balaban J connectivity index is 2.26. The van der Waals surface area contributed by atoms with Gasteiger partial charge in [-0.05, 0) is 12.3 Å². The van der Waals surface area contributed by atoms with Gasteiger partial charge in [-0.3, -0.25) is 0 Å². The second-order valence-electron chi connectivity index (χ2n) is 1.71. The fourth-order valence-corrected chi connectivity index (χ4v) is 1.36. The smallest absolute Gasteiger partial charge is 0.00640 e. The van der Waals surface area contributed by atoms with Crippen LogP contribution >= 0.6 is 22.6 Å². The lowest BCUT2D eigenvalue weighted by atomic mass is 10.5. The molecule has 1 saturated carbocycles. The SMILES string of the molecule is C=C1CC1CI. The van der Waals surface area contributed by atoms with Crippen LogP contribution in [0.3, 0.4) is 0 Å². The highest BCUT2D eigenvalue weighted by molar-refractivity contribution is 14.1. The van der Waals surface area contributed by atoms with Gasteiger partial charge in [-0.2, -0.15) is 0 Å². The van der Waals surface area contributed by atoms with Gasteiger partial charge in [0.05, 0.1) is 0 Å². The summed E-state index contributed by atoms with van der Waals surface area (Å²) >= 11 is 2.39. The highest BCUT2D eigenvalue weighted by Crippen LogP contribution is 2.36. The summed E-state index contributed by atoms with van der Waals surface area (Å²) < 4.78 is 1.27. The maximum atomic E-state index is 3.81. The lowest BCUT2D eigenvalue weighted by Gasteiger charge is -1.72. The van der Waals surface area contributed by atoms with Crippen molar-refractivity contribution in [2.75, 3.05) is 4.43 Å². The van der Waals surface area contributed by atoms with Gasteiger partial charge in [0.25, 0.3) is 0 Å². The number of rotatable bonds is 1. The highest BCUT2D eigenvalue weighted by Gasteiger charge is 2.24. The molecule has 1 atom stereocenters. The summed E-state index contributed by atoms with van der Waals surface area (Å²) in [7, 11) is 0. The van der Waals surface area contributed by atoms with E-state index in [9.17, 15) is 0 Å². The summed E-state index contributed by atoms with van der Waals surface area (Å²) in [4.78, 5) is 0. The molecule has 0 heterocycles. The maximum Gasteiger partial charge on any atom is 0.00640 e. The van der Waals surface area contributed by atoms with Crippen molar-refractivity contribution in [2.24, 2.45) is 5.92 Å². The summed E-state index contributed by atoms with van der Waals surface area (Å²) in [5.74, 6) is 0.894. The summed E-state index contributed by atoms with van der Waals surface area (Å²) in [5, 5.41) is 0. The Hall–Kier alpha value is 0.470. The lowest BCUT2D eigenvalue weighted by Crippen LogP contribution is -1.67. The van der Waals surface area contributed by atoms with E-state index in [1.807, 2.05) is 0 Å². The van der Waals surface area contributed by atoms with E-state index >= 15 is 0 Å². The van der Waals surface area contributed by atoms with E-state index in [2.05, 4.69) is 29.2 Å². The van der Waals surface area contributed by atoms with Crippen LogP contribution in [0.5, 0.6) is 0 Å². The lowest BCUT2D eigenvalue weighted by molar-refractivity contribution is 1.06. The molecule has 0 nitrogen and oxygen atoms in total. The first-order valence-electron chi connectivity index (χ1n) is 2.08. The number of halogens is 1.